The van der Waals surface area contributed by atoms with Crippen molar-refractivity contribution in [2.45, 2.75) is 45.1 Å². The molecule has 1 saturated carbocycles. The molecule has 1 aliphatic carbocycles. The Bertz CT molecular complexity index is 468. The lowest BCUT2D eigenvalue weighted by Crippen LogP contribution is -2.46. The summed E-state index contributed by atoms with van der Waals surface area (Å²) in [7, 11) is 0. The highest BCUT2D eigenvalue weighted by atomic mass is 35.5. The third kappa shape index (κ3) is 3.09. The second-order valence-corrected chi connectivity index (χ2v) is 5.94. The number of aliphatic hydroxyl groups excluding tert-OH is 1. The van der Waals surface area contributed by atoms with Crippen molar-refractivity contribution in [2.75, 3.05) is 17.7 Å². The van der Waals surface area contributed by atoms with Gasteiger partial charge < -0.3 is 16.2 Å². The number of rotatable bonds is 3. The minimum atomic E-state index is -0.351. The molecular weight excluding hydrogens is 264 g/mol. The average Bonchev–Trinajstić information content (AvgIpc) is 2.35. The van der Waals surface area contributed by atoms with Crippen LogP contribution in [0.4, 0.5) is 11.5 Å². The van der Waals surface area contributed by atoms with Gasteiger partial charge in [-0.3, -0.25) is 0 Å². The molecule has 19 heavy (non-hydrogen) atoms. The summed E-state index contributed by atoms with van der Waals surface area (Å²) in [6.45, 7) is 4.06. The zero-order valence-corrected chi connectivity index (χ0v) is 12.2. The first-order valence-electron chi connectivity index (χ1n) is 6.64. The van der Waals surface area contributed by atoms with Gasteiger partial charge in [-0.1, -0.05) is 19.8 Å². The van der Waals surface area contributed by atoms with E-state index in [0.29, 0.717) is 23.1 Å². The number of aliphatic hydroxyl groups is 1. The second kappa shape index (κ2) is 5.51. The largest absolute Gasteiger partial charge is 0.394 e. The van der Waals surface area contributed by atoms with Gasteiger partial charge in [-0.05, 0) is 37.3 Å². The Hall–Kier alpha value is -1.07. The number of hydrogen-bond acceptors (Lipinski definition) is 5. The van der Waals surface area contributed by atoms with Gasteiger partial charge in [0.1, 0.15) is 0 Å². The second-order valence-electron chi connectivity index (χ2n) is 5.61. The molecule has 1 aromatic heterocycles. The first-order valence-corrected chi connectivity index (χ1v) is 7.02. The minimum absolute atomic E-state index is 0.0669. The van der Waals surface area contributed by atoms with Gasteiger partial charge in [-0.15, -0.1) is 0 Å². The molecule has 2 atom stereocenters. The van der Waals surface area contributed by atoms with E-state index in [9.17, 15) is 5.11 Å². The topological polar surface area (TPSA) is 84.1 Å². The molecule has 1 fully saturated rings. The normalized spacial score (nSPS) is 27.3. The molecule has 0 bridgehead atoms. The van der Waals surface area contributed by atoms with Crippen LogP contribution in [0.3, 0.4) is 0 Å². The van der Waals surface area contributed by atoms with Crippen LogP contribution in [-0.2, 0) is 0 Å². The van der Waals surface area contributed by atoms with Gasteiger partial charge in [0.05, 0.1) is 23.5 Å². The number of halogens is 1. The van der Waals surface area contributed by atoms with E-state index in [1.165, 1.54) is 6.42 Å². The van der Waals surface area contributed by atoms with Gasteiger partial charge in [0.25, 0.3) is 0 Å². The highest BCUT2D eigenvalue weighted by Gasteiger charge is 2.35. The highest BCUT2D eigenvalue weighted by molar-refractivity contribution is 6.28. The summed E-state index contributed by atoms with van der Waals surface area (Å²) in [4.78, 5) is 8.17. The number of aryl methyl sites for hydroxylation is 1. The Balaban J connectivity index is 2.27. The molecule has 5 nitrogen and oxygen atoms in total. The average molecular weight is 285 g/mol. The minimum Gasteiger partial charge on any atom is -0.394 e. The number of nitrogen functional groups attached to an aromatic ring is 1. The van der Waals surface area contributed by atoms with Gasteiger partial charge in [0.2, 0.25) is 5.28 Å². The van der Waals surface area contributed by atoms with Crippen LogP contribution in [0.5, 0.6) is 0 Å². The zero-order chi connectivity index (χ0) is 14.0. The maximum atomic E-state index is 9.77. The molecule has 2 unspecified atom stereocenters. The van der Waals surface area contributed by atoms with Crippen molar-refractivity contribution in [2.24, 2.45) is 5.92 Å². The Labute approximate surface area is 118 Å². The van der Waals surface area contributed by atoms with Crippen LogP contribution in [0.2, 0.25) is 5.28 Å². The van der Waals surface area contributed by atoms with Crippen molar-refractivity contribution < 1.29 is 5.11 Å². The molecule has 4 N–H and O–H groups in total. The molecular formula is C13H21ClN4O. The SMILES string of the molecule is Cc1nc(Cl)nc(NC2(CO)CCCC(C)C2)c1N. The molecule has 106 valence electrons. The summed E-state index contributed by atoms with van der Waals surface area (Å²) in [5.74, 6) is 1.11. The molecule has 0 spiro atoms. The predicted octanol–water partition coefficient (Wildman–Crippen LogP) is 2.37. The van der Waals surface area contributed by atoms with Gasteiger partial charge in [-0.25, -0.2) is 4.98 Å². The van der Waals surface area contributed by atoms with Crippen molar-refractivity contribution in [1.82, 2.24) is 9.97 Å². The quantitative estimate of drug-likeness (QED) is 0.742. The van der Waals surface area contributed by atoms with Crippen molar-refractivity contribution in [1.29, 1.82) is 0 Å². The number of aromatic nitrogens is 2. The lowest BCUT2D eigenvalue weighted by Gasteiger charge is -2.40. The molecule has 0 aliphatic heterocycles. The summed E-state index contributed by atoms with van der Waals surface area (Å²) in [5.41, 5.74) is 6.79. The van der Waals surface area contributed by atoms with E-state index in [1.807, 2.05) is 0 Å². The van der Waals surface area contributed by atoms with E-state index >= 15 is 0 Å². The van der Waals surface area contributed by atoms with Gasteiger partial charge in [-0.2, -0.15) is 4.98 Å². The first-order chi connectivity index (χ1) is 8.96. The summed E-state index contributed by atoms with van der Waals surface area (Å²) in [6, 6.07) is 0. The van der Waals surface area contributed by atoms with E-state index in [0.717, 1.165) is 19.3 Å². The molecule has 0 radical (unpaired) electrons. The molecule has 2 rings (SSSR count). The van der Waals surface area contributed by atoms with Crippen LogP contribution in [0.25, 0.3) is 0 Å². The monoisotopic (exact) mass is 284 g/mol. The molecule has 1 aromatic rings. The van der Waals surface area contributed by atoms with Crippen LogP contribution in [0, 0.1) is 12.8 Å². The lowest BCUT2D eigenvalue weighted by atomic mass is 9.77. The van der Waals surface area contributed by atoms with Crippen LogP contribution in [0.1, 0.15) is 38.3 Å². The standard InChI is InChI=1S/C13H21ClN4O/c1-8-4-3-5-13(6-8,7-19)18-11-10(15)9(2)16-12(14)17-11/h8,19H,3-7,15H2,1-2H3,(H,16,17,18). The third-order valence-corrected chi connectivity index (χ3v) is 4.06. The van der Waals surface area contributed by atoms with Gasteiger partial charge in [0.15, 0.2) is 5.82 Å². The summed E-state index contributed by atoms with van der Waals surface area (Å²) >= 11 is 5.88. The van der Waals surface area contributed by atoms with E-state index in [1.54, 1.807) is 6.92 Å². The molecule has 0 aromatic carbocycles. The first kappa shape index (κ1) is 14.3. The highest BCUT2D eigenvalue weighted by Crippen LogP contribution is 2.36. The Kier molecular flexibility index (Phi) is 4.16. The fourth-order valence-electron chi connectivity index (χ4n) is 2.85. The fourth-order valence-corrected chi connectivity index (χ4v) is 3.06. The molecule has 0 saturated heterocycles. The van der Waals surface area contributed by atoms with E-state index in [2.05, 4.69) is 22.2 Å². The Morgan fingerprint density at radius 1 is 1.53 bits per heavy atom. The number of anilines is 2. The maximum absolute atomic E-state index is 9.77. The van der Waals surface area contributed by atoms with Gasteiger partial charge >= 0.3 is 0 Å². The van der Waals surface area contributed by atoms with Crippen LogP contribution in [0.15, 0.2) is 0 Å². The number of nitrogens with two attached hydrogens (primary N) is 1. The Morgan fingerprint density at radius 2 is 2.26 bits per heavy atom. The molecule has 0 amide bonds. The number of nitrogens with one attached hydrogen (secondary N) is 1. The summed E-state index contributed by atoms with van der Waals surface area (Å²) in [6.07, 6.45) is 4.10. The van der Waals surface area contributed by atoms with Crippen LogP contribution >= 0.6 is 11.6 Å². The van der Waals surface area contributed by atoms with E-state index in [-0.39, 0.29) is 17.4 Å². The van der Waals surface area contributed by atoms with Crippen molar-refractivity contribution in [3.63, 3.8) is 0 Å². The lowest BCUT2D eigenvalue weighted by molar-refractivity contribution is 0.149. The number of hydrogen-bond donors (Lipinski definition) is 3. The van der Waals surface area contributed by atoms with Crippen LogP contribution in [-0.4, -0.2) is 27.2 Å². The predicted molar refractivity (Wildman–Crippen MR) is 77.3 cm³/mol. The molecule has 6 heteroatoms. The maximum Gasteiger partial charge on any atom is 0.224 e. The zero-order valence-electron chi connectivity index (χ0n) is 11.4. The van der Waals surface area contributed by atoms with Crippen molar-refractivity contribution in [3.8, 4) is 0 Å². The smallest absolute Gasteiger partial charge is 0.224 e. The van der Waals surface area contributed by atoms with E-state index < -0.39 is 0 Å². The fraction of sp³-hybridized carbons (Fsp3) is 0.692. The van der Waals surface area contributed by atoms with Gasteiger partial charge in [0, 0.05) is 0 Å². The van der Waals surface area contributed by atoms with E-state index in [4.69, 9.17) is 17.3 Å². The molecule has 1 heterocycles. The van der Waals surface area contributed by atoms with Crippen molar-refractivity contribution >= 4 is 23.1 Å². The van der Waals surface area contributed by atoms with Crippen molar-refractivity contribution in [3.05, 3.63) is 11.0 Å². The Morgan fingerprint density at radius 3 is 2.89 bits per heavy atom. The number of nitrogens with zero attached hydrogens (tertiary/aromatic N) is 2. The summed E-state index contributed by atoms with van der Waals surface area (Å²) in [5, 5.41) is 13.3. The third-order valence-electron chi connectivity index (χ3n) is 3.89. The van der Waals surface area contributed by atoms with Crippen LogP contribution < -0.4 is 11.1 Å². The molecule has 1 aliphatic rings. The summed E-state index contributed by atoms with van der Waals surface area (Å²) < 4.78 is 0.